The lowest BCUT2D eigenvalue weighted by Crippen LogP contribution is -3.07. The topological polar surface area (TPSA) is 94.2 Å². The second-order valence-corrected chi connectivity index (χ2v) is 6.25. The molecule has 8 heteroatoms. The van der Waals surface area contributed by atoms with Gasteiger partial charge in [-0.05, 0) is 12.8 Å². The van der Waals surface area contributed by atoms with E-state index in [1.165, 1.54) is 10.5 Å². The van der Waals surface area contributed by atoms with Gasteiger partial charge in [0, 0.05) is 12.0 Å². The first-order valence-electron chi connectivity index (χ1n) is 7.41. The normalized spacial score (nSPS) is 11.8. The van der Waals surface area contributed by atoms with Crippen molar-refractivity contribution in [3.63, 3.8) is 0 Å². The van der Waals surface area contributed by atoms with Crippen LogP contribution < -0.4 is 10.0 Å². The maximum atomic E-state index is 11.1. The van der Waals surface area contributed by atoms with Crippen LogP contribution in [0.4, 0.5) is 0 Å². The highest BCUT2D eigenvalue weighted by Gasteiger charge is 2.04. The summed E-state index contributed by atoms with van der Waals surface area (Å²) in [5.74, 6) is -1.57. The number of quaternary nitrogens is 1. The van der Waals surface area contributed by atoms with Crippen LogP contribution >= 0.6 is 23.2 Å². The molecule has 24 heavy (non-hydrogen) atoms. The van der Waals surface area contributed by atoms with Gasteiger partial charge < -0.3 is 20.0 Å². The molecule has 0 heterocycles. The largest absolute Gasteiger partial charge is 0.547 e. The van der Waals surface area contributed by atoms with Crippen molar-refractivity contribution >= 4 is 41.2 Å². The van der Waals surface area contributed by atoms with Gasteiger partial charge in [0.2, 0.25) is 0 Å². The number of carboxylic acids is 1. The molecule has 1 unspecified atom stereocenters. The van der Waals surface area contributed by atoms with E-state index in [2.05, 4.69) is 36.5 Å². The maximum absolute atomic E-state index is 11.1. The molecule has 0 saturated heterocycles. The second-order valence-electron chi connectivity index (χ2n) is 5.16. The molecule has 134 valence electrons. The fourth-order valence-corrected chi connectivity index (χ4v) is 1.89. The third kappa shape index (κ3) is 12.9. The van der Waals surface area contributed by atoms with Gasteiger partial charge in [-0.15, -0.1) is 0 Å². The number of oxime groups is 1. The quantitative estimate of drug-likeness (QED) is 0.215. The molecular weight excluding hydrogens is 355 g/mol. The van der Waals surface area contributed by atoms with Crippen LogP contribution in [0.3, 0.4) is 0 Å². The van der Waals surface area contributed by atoms with E-state index in [4.69, 9.17) is 28.4 Å². The molecule has 0 fully saturated rings. The monoisotopic (exact) mass is 376 g/mol. The molecule has 1 rings (SSSR count). The van der Waals surface area contributed by atoms with Gasteiger partial charge in [-0.3, -0.25) is 4.79 Å². The molecule has 0 spiro atoms. The average Bonchev–Trinajstić information content (AvgIpc) is 2.53. The number of alkyl halides is 2. The summed E-state index contributed by atoms with van der Waals surface area (Å²) in [4.78, 5) is 20.4. The van der Waals surface area contributed by atoms with Crippen LogP contribution in [0.1, 0.15) is 24.8 Å². The number of hydrogen-bond donors (Lipinski definition) is 2. The number of Topliss-reactive ketones (excluding diaryl/α,β-unsaturated/α-hetero) is 1. The second kappa shape index (κ2) is 13.8. The predicted octanol–water partition coefficient (Wildman–Crippen LogP) is 0.441. The molecule has 0 aliphatic rings. The molecule has 0 radical (unpaired) electrons. The van der Waals surface area contributed by atoms with E-state index in [1.807, 2.05) is 6.07 Å². The van der Waals surface area contributed by atoms with Crippen LogP contribution in [-0.2, 0) is 16.1 Å². The van der Waals surface area contributed by atoms with E-state index in [0.717, 1.165) is 32.1 Å². The minimum absolute atomic E-state index is 0.113. The van der Waals surface area contributed by atoms with Gasteiger partial charge in [0.15, 0.2) is 5.78 Å². The van der Waals surface area contributed by atoms with Gasteiger partial charge in [0.1, 0.15) is 17.6 Å². The number of carbonyl (C=O) groups excluding carboxylic acids is 2. The van der Waals surface area contributed by atoms with Crippen molar-refractivity contribution in [1.29, 1.82) is 0 Å². The Bertz CT molecular complexity index is 510. The molecule has 0 aromatic heterocycles. The Morgan fingerprint density at radius 1 is 1.29 bits per heavy atom. The van der Waals surface area contributed by atoms with Gasteiger partial charge in [-0.25, -0.2) is 0 Å². The molecule has 0 saturated carbocycles. The third-order valence-corrected chi connectivity index (χ3v) is 3.36. The fraction of sp³-hybridized carbons (Fsp3) is 0.438. The Labute approximate surface area is 151 Å². The van der Waals surface area contributed by atoms with Crippen molar-refractivity contribution in [1.82, 2.24) is 0 Å². The van der Waals surface area contributed by atoms with E-state index in [1.54, 1.807) is 0 Å². The molecular formula is C16H22Cl2N2O4. The van der Waals surface area contributed by atoms with Crippen molar-refractivity contribution in [2.45, 2.75) is 30.6 Å². The van der Waals surface area contributed by atoms with Gasteiger partial charge in [-0.2, -0.15) is 0 Å². The Morgan fingerprint density at radius 2 is 1.88 bits per heavy atom. The van der Waals surface area contributed by atoms with Crippen LogP contribution in [0.2, 0.25) is 0 Å². The Balaban J connectivity index is 0.000000754. The molecule has 1 aromatic carbocycles. The van der Waals surface area contributed by atoms with E-state index >= 15 is 0 Å². The van der Waals surface area contributed by atoms with Crippen molar-refractivity contribution in [2.24, 2.45) is 5.16 Å². The number of nitrogens with one attached hydrogen (secondary N) is 1. The standard InChI is InChI=1S/C14H20N2O2.C2H2Cl2O2/c1-16(12-13-7-3-2-4-8-13)10-6-5-9-14(17)11-15-18;3-1(4)2(5)6/h2-4,7-8,11,18H,5-6,9-10,12H2,1H3;1H,(H,5,6). The Hall–Kier alpha value is -1.63. The van der Waals surface area contributed by atoms with Crippen LogP contribution in [0, 0.1) is 0 Å². The number of carboxylic acid groups (broad SMARTS) is 1. The number of rotatable bonds is 9. The predicted molar refractivity (Wildman–Crippen MR) is 91.5 cm³/mol. The molecule has 0 aliphatic heterocycles. The maximum Gasteiger partial charge on any atom is 0.177 e. The Morgan fingerprint density at radius 3 is 2.38 bits per heavy atom. The minimum atomic E-state index is -1.46. The molecule has 2 N–H and O–H groups in total. The fourth-order valence-electron chi connectivity index (χ4n) is 1.89. The number of nitrogens with zero attached hydrogens (tertiary/aromatic N) is 1. The van der Waals surface area contributed by atoms with Crippen molar-refractivity contribution in [3.05, 3.63) is 35.9 Å². The zero-order valence-electron chi connectivity index (χ0n) is 13.5. The summed E-state index contributed by atoms with van der Waals surface area (Å²) in [6.07, 6.45) is 3.28. The lowest BCUT2D eigenvalue weighted by molar-refractivity contribution is -0.894. The third-order valence-electron chi connectivity index (χ3n) is 3.01. The van der Waals surface area contributed by atoms with Gasteiger partial charge in [-0.1, -0.05) is 58.7 Å². The minimum Gasteiger partial charge on any atom is -0.547 e. The highest BCUT2D eigenvalue weighted by atomic mass is 35.5. The van der Waals surface area contributed by atoms with Crippen molar-refractivity contribution < 1.29 is 24.8 Å². The molecule has 1 atom stereocenters. The van der Waals surface area contributed by atoms with Gasteiger partial charge in [0.05, 0.1) is 19.6 Å². The summed E-state index contributed by atoms with van der Waals surface area (Å²) >= 11 is 9.43. The zero-order valence-corrected chi connectivity index (χ0v) is 15.0. The van der Waals surface area contributed by atoms with E-state index < -0.39 is 10.8 Å². The summed E-state index contributed by atoms with van der Waals surface area (Å²) in [6, 6.07) is 10.4. The molecule has 1 aromatic rings. The number of halogens is 2. The number of benzene rings is 1. The van der Waals surface area contributed by atoms with Crippen LogP contribution in [0.5, 0.6) is 0 Å². The summed E-state index contributed by atoms with van der Waals surface area (Å²) in [5.41, 5.74) is 1.33. The SMILES string of the molecule is C[NH+](CCCCC(=O)C=NO)Cc1ccccc1.O=C([O-])C(Cl)Cl. The lowest BCUT2D eigenvalue weighted by Gasteiger charge is -2.13. The number of hydrogen-bond acceptors (Lipinski definition) is 5. The molecule has 0 amide bonds. The number of ketones is 1. The van der Waals surface area contributed by atoms with E-state index in [0.29, 0.717) is 6.42 Å². The molecule has 6 nitrogen and oxygen atoms in total. The Kier molecular flexibility index (Phi) is 12.8. The van der Waals surface area contributed by atoms with Crippen molar-refractivity contribution in [3.8, 4) is 0 Å². The number of carbonyl (C=O) groups is 2. The first-order chi connectivity index (χ1) is 11.4. The molecule has 0 bridgehead atoms. The highest BCUT2D eigenvalue weighted by molar-refractivity contribution is 6.52. The van der Waals surface area contributed by atoms with Gasteiger partial charge >= 0.3 is 0 Å². The summed E-state index contributed by atoms with van der Waals surface area (Å²) in [5, 5.41) is 20.2. The first kappa shape index (κ1) is 22.4. The van der Waals surface area contributed by atoms with E-state index in [-0.39, 0.29) is 5.78 Å². The number of aliphatic carboxylic acids is 1. The van der Waals surface area contributed by atoms with Crippen LogP contribution in [-0.4, -0.2) is 41.6 Å². The lowest BCUT2D eigenvalue weighted by atomic mass is 10.1. The van der Waals surface area contributed by atoms with Gasteiger partial charge in [0.25, 0.3) is 0 Å². The summed E-state index contributed by atoms with van der Waals surface area (Å²) < 4.78 is 0. The van der Waals surface area contributed by atoms with E-state index in [9.17, 15) is 14.7 Å². The highest BCUT2D eigenvalue weighted by Crippen LogP contribution is 1.97. The van der Waals surface area contributed by atoms with Crippen LogP contribution in [0.15, 0.2) is 35.5 Å². The summed E-state index contributed by atoms with van der Waals surface area (Å²) in [7, 11) is 2.16. The van der Waals surface area contributed by atoms with Crippen LogP contribution in [0.25, 0.3) is 0 Å². The molecule has 0 aliphatic carbocycles. The number of unbranched alkanes of at least 4 members (excludes halogenated alkanes) is 1. The first-order valence-corrected chi connectivity index (χ1v) is 8.28. The zero-order chi connectivity index (χ0) is 18.4. The summed E-state index contributed by atoms with van der Waals surface area (Å²) in [6.45, 7) is 2.05. The average molecular weight is 377 g/mol. The smallest absolute Gasteiger partial charge is 0.177 e. The van der Waals surface area contributed by atoms with Crippen molar-refractivity contribution in [2.75, 3.05) is 13.6 Å².